The van der Waals surface area contributed by atoms with Crippen LogP contribution in [-0.2, 0) is 41.4 Å². The molecule has 39 heavy (non-hydrogen) atoms. The smallest absolute Gasteiger partial charge is 0.343 e. The van der Waals surface area contributed by atoms with E-state index >= 15 is 0 Å². The SMILES string of the molecule is CC[C@@]1(O)C(=O)OCc2c1cc1n(c2=O)Cc2cc3c4c(ccc3nc2-1)OCN(Cc1ccc(OC)cc1)C4. The molecule has 1 N–H and O–H groups in total. The summed E-state index contributed by atoms with van der Waals surface area (Å²) in [6, 6.07) is 15.7. The molecule has 2 aromatic heterocycles. The van der Waals surface area contributed by atoms with E-state index in [1.807, 2.05) is 24.3 Å². The van der Waals surface area contributed by atoms with Gasteiger partial charge in [0.1, 0.15) is 24.8 Å². The summed E-state index contributed by atoms with van der Waals surface area (Å²) in [5, 5.41) is 12.1. The van der Waals surface area contributed by atoms with E-state index in [9.17, 15) is 14.7 Å². The van der Waals surface area contributed by atoms with Gasteiger partial charge in [0.25, 0.3) is 5.56 Å². The lowest BCUT2D eigenvalue weighted by atomic mass is 9.86. The van der Waals surface area contributed by atoms with Crippen molar-refractivity contribution in [3.8, 4) is 22.9 Å². The third kappa shape index (κ3) is 3.57. The molecule has 7 rings (SSSR count). The van der Waals surface area contributed by atoms with Gasteiger partial charge in [-0.25, -0.2) is 9.78 Å². The summed E-state index contributed by atoms with van der Waals surface area (Å²) >= 11 is 0. The van der Waals surface area contributed by atoms with Gasteiger partial charge in [-0.15, -0.1) is 0 Å². The fourth-order valence-electron chi connectivity index (χ4n) is 5.91. The Hall–Kier alpha value is -4.21. The Morgan fingerprint density at radius 2 is 1.87 bits per heavy atom. The lowest BCUT2D eigenvalue weighted by molar-refractivity contribution is -0.172. The van der Waals surface area contributed by atoms with Crippen molar-refractivity contribution in [1.82, 2.24) is 14.5 Å². The van der Waals surface area contributed by atoms with E-state index in [2.05, 4.69) is 23.1 Å². The molecule has 0 amide bonds. The number of benzene rings is 2. The number of carbonyl (C=O) groups is 1. The maximum Gasteiger partial charge on any atom is 0.343 e. The Labute approximate surface area is 224 Å². The van der Waals surface area contributed by atoms with Crippen molar-refractivity contribution in [3.05, 3.63) is 86.7 Å². The first-order valence-corrected chi connectivity index (χ1v) is 13.0. The van der Waals surface area contributed by atoms with Crippen molar-refractivity contribution >= 4 is 16.9 Å². The van der Waals surface area contributed by atoms with Crippen LogP contribution in [0.3, 0.4) is 0 Å². The van der Waals surface area contributed by atoms with Crippen molar-refractivity contribution in [3.63, 3.8) is 0 Å². The van der Waals surface area contributed by atoms with Gasteiger partial charge in [0.15, 0.2) is 5.60 Å². The highest BCUT2D eigenvalue weighted by molar-refractivity contribution is 5.89. The Kier molecular flexibility index (Phi) is 5.30. The summed E-state index contributed by atoms with van der Waals surface area (Å²) in [6.45, 7) is 3.82. The second-order valence-corrected chi connectivity index (χ2v) is 10.3. The highest BCUT2D eigenvalue weighted by Crippen LogP contribution is 2.40. The lowest BCUT2D eigenvalue weighted by Gasteiger charge is -2.31. The number of hydrogen-bond donors (Lipinski definition) is 1. The number of rotatable bonds is 4. The highest BCUT2D eigenvalue weighted by atomic mass is 16.6. The molecule has 0 fully saturated rings. The molecule has 9 heteroatoms. The molecule has 0 saturated heterocycles. The molecule has 0 spiro atoms. The molecule has 1 atom stereocenters. The molecule has 0 aliphatic carbocycles. The minimum absolute atomic E-state index is 0.110. The molecule has 0 saturated carbocycles. The van der Waals surface area contributed by atoms with Crippen molar-refractivity contribution in [2.75, 3.05) is 13.8 Å². The van der Waals surface area contributed by atoms with E-state index in [4.69, 9.17) is 19.2 Å². The van der Waals surface area contributed by atoms with E-state index in [1.165, 1.54) is 0 Å². The second-order valence-electron chi connectivity index (χ2n) is 10.3. The van der Waals surface area contributed by atoms with Crippen LogP contribution in [0.5, 0.6) is 11.5 Å². The summed E-state index contributed by atoms with van der Waals surface area (Å²) in [5.41, 5.74) is 3.76. The molecule has 0 unspecified atom stereocenters. The first kappa shape index (κ1) is 23.9. The summed E-state index contributed by atoms with van der Waals surface area (Å²) in [4.78, 5) is 33.1. The Bertz CT molecular complexity index is 1730. The van der Waals surface area contributed by atoms with Crippen LogP contribution in [-0.4, -0.2) is 39.4 Å². The number of esters is 1. The topological polar surface area (TPSA) is 103 Å². The molecule has 0 bridgehead atoms. The van der Waals surface area contributed by atoms with E-state index in [0.29, 0.717) is 42.3 Å². The number of pyridine rings is 2. The molecule has 4 aromatic rings. The maximum atomic E-state index is 13.5. The molecule has 0 radical (unpaired) electrons. The molecule has 2 aromatic carbocycles. The zero-order valence-corrected chi connectivity index (χ0v) is 21.7. The van der Waals surface area contributed by atoms with Gasteiger partial charge in [0.2, 0.25) is 0 Å². The first-order chi connectivity index (χ1) is 18.9. The summed E-state index contributed by atoms with van der Waals surface area (Å²) in [5.74, 6) is 0.934. The van der Waals surface area contributed by atoms with Crippen molar-refractivity contribution in [2.24, 2.45) is 0 Å². The Morgan fingerprint density at radius 3 is 2.64 bits per heavy atom. The third-order valence-electron chi connectivity index (χ3n) is 8.11. The number of methoxy groups -OCH3 is 1. The van der Waals surface area contributed by atoms with Crippen molar-refractivity contribution in [2.45, 2.75) is 45.2 Å². The van der Waals surface area contributed by atoms with Crippen LogP contribution in [0.4, 0.5) is 0 Å². The van der Waals surface area contributed by atoms with Gasteiger partial charge in [-0.05, 0) is 48.4 Å². The van der Waals surface area contributed by atoms with E-state index in [1.54, 1.807) is 24.7 Å². The number of aromatic nitrogens is 2. The summed E-state index contributed by atoms with van der Waals surface area (Å²) < 4.78 is 18.2. The average Bonchev–Trinajstić information content (AvgIpc) is 3.32. The van der Waals surface area contributed by atoms with Gasteiger partial charge in [-0.3, -0.25) is 9.69 Å². The predicted molar refractivity (Wildman–Crippen MR) is 142 cm³/mol. The van der Waals surface area contributed by atoms with Crippen molar-refractivity contribution in [1.29, 1.82) is 0 Å². The quantitative estimate of drug-likeness (QED) is 0.356. The molecule has 3 aliphatic heterocycles. The van der Waals surface area contributed by atoms with Gasteiger partial charge < -0.3 is 23.9 Å². The van der Waals surface area contributed by atoms with Gasteiger partial charge in [0, 0.05) is 35.2 Å². The number of fused-ring (bicyclic) bond motifs is 7. The minimum atomic E-state index is -1.84. The highest BCUT2D eigenvalue weighted by Gasteiger charge is 2.45. The molecule has 3 aliphatic rings. The molecular formula is C30H27N3O6. The summed E-state index contributed by atoms with van der Waals surface area (Å²) in [6.07, 6.45) is 0.110. The molecule has 198 valence electrons. The predicted octanol–water partition coefficient (Wildman–Crippen LogP) is 3.44. The zero-order valence-electron chi connectivity index (χ0n) is 21.7. The fraction of sp³-hybridized carbons (Fsp3) is 0.300. The number of ether oxygens (including phenoxy) is 3. The van der Waals surface area contributed by atoms with Crippen LogP contribution in [0.25, 0.3) is 22.3 Å². The van der Waals surface area contributed by atoms with Crippen LogP contribution in [0, 0.1) is 0 Å². The number of aliphatic hydroxyl groups is 1. The molecule has 9 nitrogen and oxygen atoms in total. The van der Waals surface area contributed by atoms with E-state index < -0.39 is 11.6 Å². The molecule has 5 heterocycles. The van der Waals surface area contributed by atoms with Crippen LogP contribution >= 0.6 is 0 Å². The normalized spacial score (nSPS) is 19.5. The number of hydrogen-bond acceptors (Lipinski definition) is 8. The third-order valence-corrected chi connectivity index (χ3v) is 8.11. The number of cyclic esters (lactones) is 1. The Morgan fingerprint density at radius 1 is 1.05 bits per heavy atom. The number of carbonyl (C=O) groups excluding carboxylic acids is 1. The standard InChI is InChI=1S/C30H27N3O6/c1-3-30(36)23-11-25-27-18(13-33(25)28(34)22(23)15-38-29(30)35)10-20-21-14-32(12-17-4-6-19(37-2)7-5-17)16-39-26(21)9-8-24(20)31-27/h4-11,36H,3,12-16H2,1-2H3/t30-/m0/s1. The average molecular weight is 526 g/mol. The van der Waals surface area contributed by atoms with Gasteiger partial charge >= 0.3 is 5.97 Å². The second kappa shape index (κ2) is 8.65. The Balaban J connectivity index is 1.28. The summed E-state index contributed by atoms with van der Waals surface area (Å²) in [7, 11) is 1.66. The molecular weight excluding hydrogens is 498 g/mol. The maximum absolute atomic E-state index is 13.5. The van der Waals surface area contributed by atoms with Gasteiger partial charge in [-0.2, -0.15) is 0 Å². The van der Waals surface area contributed by atoms with E-state index in [-0.39, 0.29) is 18.6 Å². The van der Waals surface area contributed by atoms with Gasteiger partial charge in [0.05, 0.1) is 36.1 Å². The monoisotopic (exact) mass is 525 g/mol. The van der Waals surface area contributed by atoms with Crippen LogP contribution < -0.4 is 15.0 Å². The van der Waals surface area contributed by atoms with Crippen LogP contribution in [0.15, 0.2) is 53.3 Å². The lowest BCUT2D eigenvalue weighted by Crippen LogP contribution is -2.44. The van der Waals surface area contributed by atoms with Crippen molar-refractivity contribution < 1.29 is 24.1 Å². The fourth-order valence-corrected chi connectivity index (χ4v) is 5.91. The first-order valence-electron chi connectivity index (χ1n) is 13.0. The van der Waals surface area contributed by atoms with Gasteiger partial charge in [-0.1, -0.05) is 19.1 Å². The minimum Gasteiger partial charge on any atom is -0.497 e. The largest absolute Gasteiger partial charge is 0.497 e. The van der Waals surface area contributed by atoms with Crippen LogP contribution in [0.1, 0.15) is 41.2 Å². The van der Waals surface area contributed by atoms with E-state index in [0.717, 1.165) is 45.6 Å². The zero-order chi connectivity index (χ0) is 26.9. The van der Waals surface area contributed by atoms with Crippen LogP contribution in [0.2, 0.25) is 0 Å². The number of nitrogens with zero attached hydrogens (tertiary/aromatic N) is 3.